The first-order valence-corrected chi connectivity index (χ1v) is 23.4. The summed E-state index contributed by atoms with van der Waals surface area (Å²) in [5.74, 6) is -0.944. The van der Waals surface area contributed by atoms with Crippen LogP contribution in [0, 0.1) is 0 Å². The third-order valence-electron chi connectivity index (χ3n) is 9.27. The molecule has 0 saturated heterocycles. The minimum atomic E-state index is -4.62. The standard InChI is InChI=1S/C44H81O10P/c1-3-5-7-9-11-13-15-17-19-20-22-23-25-27-29-31-33-35-43(47)51-39-42(40-53-55(49,50)52-38-41(46)37-45)54-44(48)36-34-32-30-28-26-24-21-18-16-14-12-10-8-6-4-2/h12,14,17-19,21,41-42,45-46H,3-11,13,15-16,20,22-40H2,1-2H3,(H,49,50)/b14-12-,19-17-,21-18-/t41-,42+/m0/s1. The van der Waals surface area contributed by atoms with Crippen molar-refractivity contribution in [3.8, 4) is 0 Å². The van der Waals surface area contributed by atoms with Gasteiger partial charge in [-0.25, -0.2) is 4.57 Å². The molecule has 0 aromatic heterocycles. The molecule has 55 heavy (non-hydrogen) atoms. The highest BCUT2D eigenvalue weighted by Crippen LogP contribution is 2.43. The van der Waals surface area contributed by atoms with Gasteiger partial charge in [0, 0.05) is 12.8 Å². The molecule has 0 saturated carbocycles. The van der Waals surface area contributed by atoms with Gasteiger partial charge in [0.2, 0.25) is 0 Å². The summed E-state index contributed by atoms with van der Waals surface area (Å²) in [5.41, 5.74) is 0. The van der Waals surface area contributed by atoms with E-state index in [-0.39, 0.29) is 19.4 Å². The lowest BCUT2D eigenvalue weighted by molar-refractivity contribution is -0.161. The van der Waals surface area contributed by atoms with Crippen LogP contribution in [0.2, 0.25) is 0 Å². The van der Waals surface area contributed by atoms with Gasteiger partial charge in [0.1, 0.15) is 12.7 Å². The molecule has 0 aromatic carbocycles. The van der Waals surface area contributed by atoms with Gasteiger partial charge in [-0.3, -0.25) is 18.6 Å². The van der Waals surface area contributed by atoms with Crippen LogP contribution in [-0.4, -0.2) is 65.7 Å². The predicted octanol–water partition coefficient (Wildman–Crippen LogP) is 11.6. The van der Waals surface area contributed by atoms with E-state index in [4.69, 9.17) is 19.1 Å². The lowest BCUT2D eigenvalue weighted by Gasteiger charge is -2.20. The monoisotopic (exact) mass is 801 g/mol. The Bertz CT molecular complexity index is 1010. The number of ether oxygens (including phenoxy) is 2. The number of rotatable bonds is 41. The second kappa shape index (κ2) is 40.4. The topological polar surface area (TPSA) is 149 Å². The maximum Gasteiger partial charge on any atom is 0.472 e. The molecule has 0 aliphatic carbocycles. The molecule has 0 aliphatic heterocycles. The molecule has 0 rings (SSSR count). The second-order valence-electron chi connectivity index (χ2n) is 14.7. The Hall–Kier alpha value is -1.81. The largest absolute Gasteiger partial charge is 0.472 e. The Kier molecular flexibility index (Phi) is 39.1. The number of phosphoric acid groups is 1. The summed E-state index contributed by atoms with van der Waals surface area (Å²) in [7, 11) is -4.62. The Morgan fingerprint density at radius 2 is 0.945 bits per heavy atom. The fourth-order valence-corrected chi connectivity index (χ4v) is 6.63. The van der Waals surface area contributed by atoms with E-state index in [1.165, 1.54) is 83.5 Å². The number of unbranched alkanes of at least 4 members (excludes halogenated alkanes) is 21. The van der Waals surface area contributed by atoms with E-state index in [1.54, 1.807) is 0 Å². The van der Waals surface area contributed by atoms with Gasteiger partial charge in [-0.15, -0.1) is 0 Å². The molecule has 0 aliphatic rings. The molecule has 0 spiro atoms. The number of carbonyl (C=O) groups is 2. The number of esters is 2. The zero-order valence-corrected chi connectivity index (χ0v) is 35.8. The summed E-state index contributed by atoms with van der Waals surface area (Å²) in [6.07, 6.45) is 41.0. The van der Waals surface area contributed by atoms with Gasteiger partial charge in [-0.2, -0.15) is 0 Å². The summed E-state index contributed by atoms with van der Waals surface area (Å²) in [5, 5.41) is 18.3. The normalized spacial score (nSPS) is 14.2. The highest BCUT2D eigenvalue weighted by atomic mass is 31.2. The van der Waals surface area contributed by atoms with E-state index < -0.39 is 51.8 Å². The zero-order valence-electron chi connectivity index (χ0n) is 34.9. The van der Waals surface area contributed by atoms with Crippen molar-refractivity contribution in [3.63, 3.8) is 0 Å². The first kappa shape index (κ1) is 53.2. The van der Waals surface area contributed by atoms with Crippen molar-refractivity contribution in [1.82, 2.24) is 0 Å². The lowest BCUT2D eigenvalue weighted by atomic mass is 10.1. The van der Waals surface area contributed by atoms with Crippen LogP contribution in [0.4, 0.5) is 0 Å². The van der Waals surface area contributed by atoms with Crippen molar-refractivity contribution < 1.29 is 47.8 Å². The highest BCUT2D eigenvalue weighted by molar-refractivity contribution is 7.47. The average Bonchev–Trinajstić information content (AvgIpc) is 3.17. The average molecular weight is 801 g/mol. The van der Waals surface area contributed by atoms with Crippen molar-refractivity contribution in [1.29, 1.82) is 0 Å². The molecule has 0 aromatic rings. The molecule has 0 heterocycles. The number of aliphatic hydroxyl groups is 2. The third kappa shape index (κ3) is 40.2. The summed E-state index contributed by atoms with van der Waals surface area (Å²) < 4.78 is 32.7. The van der Waals surface area contributed by atoms with Crippen molar-refractivity contribution in [2.45, 2.75) is 206 Å². The first-order chi connectivity index (χ1) is 26.7. The van der Waals surface area contributed by atoms with Gasteiger partial charge in [0.25, 0.3) is 0 Å². The van der Waals surface area contributed by atoms with E-state index in [9.17, 15) is 24.2 Å². The summed E-state index contributed by atoms with van der Waals surface area (Å²) >= 11 is 0. The van der Waals surface area contributed by atoms with E-state index in [1.807, 2.05) is 0 Å². The lowest BCUT2D eigenvalue weighted by Crippen LogP contribution is -2.29. The second-order valence-corrected chi connectivity index (χ2v) is 16.2. The Labute approximate surface area is 335 Å². The molecular weight excluding hydrogens is 719 g/mol. The summed E-state index contributed by atoms with van der Waals surface area (Å²) in [6, 6.07) is 0. The van der Waals surface area contributed by atoms with Crippen LogP contribution in [0.1, 0.15) is 194 Å². The van der Waals surface area contributed by atoms with Crippen LogP contribution < -0.4 is 0 Å². The molecule has 0 fully saturated rings. The van der Waals surface area contributed by atoms with Gasteiger partial charge in [-0.05, 0) is 70.6 Å². The summed E-state index contributed by atoms with van der Waals surface area (Å²) in [4.78, 5) is 35.0. The Balaban J connectivity index is 4.31. The molecule has 10 nitrogen and oxygen atoms in total. The van der Waals surface area contributed by atoms with Crippen molar-refractivity contribution >= 4 is 19.8 Å². The van der Waals surface area contributed by atoms with Crippen molar-refractivity contribution in [3.05, 3.63) is 36.5 Å². The molecule has 11 heteroatoms. The Morgan fingerprint density at radius 1 is 0.545 bits per heavy atom. The van der Waals surface area contributed by atoms with E-state index in [2.05, 4.69) is 54.8 Å². The smallest absolute Gasteiger partial charge is 0.462 e. The minimum Gasteiger partial charge on any atom is -0.462 e. The van der Waals surface area contributed by atoms with Crippen LogP contribution >= 0.6 is 7.82 Å². The fourth-order valence-electron chi connectivity index (χ4n) is 5.84. The van der Waals surface area contributed by atoms with Crippen LogP contribution in [0.3, 0.4) is 0 Å². The molecule has 3 N–H and O–H groups in total. The SMILES string of the molecule is CCCCC/C=C\C/C=C\CCCCCCCC(=O)O[C@H](COC(=O)CCCCCCCCC/C=C\CCCCCCCC)COP(=O)(O)OC[C@@H](O)CO. The van der Waals surface area contributed by atoms with E-state index in [0.29, 0.717) is 12.8 Å². The summed E-state index contributed by atoms with van der Waals surface area (Å²) in [6.45, 7) is 2.33. The maximum atomic E-state index is 12.6. The van der Waals surface area contributed by atoms with Crippen LogP contribution in [0.5, 0.6) is 0 Å². The van der Waals surface area contributed by atoms with Crippen LogP contribution in [0.15, 0.2) is 36.5 Å². The van der Waals surface area contributed by atoms with Crippen molar-refractivity contribution in [2.75, 3.05) is 26.4 Å². The van der Waals surface area contributed by atoms with Gasteiger partial charge in [0.15, 0.2) is 6.10 Å². The van der Waals surface area contributed by atoms with Gasteiger partial charge in [0.05, 0.1) is 19.8 Å². The van der Waals surface area contributed by atoms with Crippen LogP contribution in [0.25, 0.3) is 0 Å². The fraction of sp³-hybridized carbons (Fsp3) is 0.818. The number of phosphoric ester groups is 1. The molecule has 1 unspecified atom stereocenters. The number of aliphatic hydroxyl groups excluding tert-OH is 2. The van der Waals surface area contributed by atoms with Crippen molar-refractivity contribution in [2.24, 2.45) is 0 Å². The highest BCUT2D eigenvalue weighted by Gasteiger charge is 2.27. The number of carbonyl (C=O) groups excluding carboxylic acids is 2. The number of allylic oxidation sites excluding steroid dienone is 6. The molecule has 3 atom stereocenters. The molecule has 0 bridgehead atoms. The minimum absolute atomic E-state index is 0.168. The number of hydrogen-bond acceptors (Lipinski definition) is 9. The van der Waals surface area contributed by atoms with E-state index in [0.717, 1.165) is 70.6 Å². The molecule has 322 valence electrons. The third-order valence-corrected chi connectivity index (χ3v) is 10.2. The first-order valence-electron chi connectivity index (χ1n) is 21.9. The number of hydrogen-bond donors (Lipinski definition) is 3. The van der Waals surface area contributed by atoms with Crippen LogP contribution in [-0.2, 0) is 32.7 Å². The maximum absolute atomic E-state index is 12.6. The van der Waals surface area contributed by atoms with Gasteiger partial charge in [-0.1, -0.05) is 147 Å². The van der Waals surface area contributed by atoms with E-state index >= 15 is 0 Å². The quantitative estimate of drug-likeness (QED) is 0.0236. The molecular formula is C44H81O10P. The molecule has 0 radical (unpaired) electrons. The predicted molar refractivity (Wildman–Crippen MR) is 224 cm³/mol. The van der Waals surface area contributed by atoms with Gasteiger partial charge >= 0.3 is 19.8 Å². The molecule has 0 amide bonds. The zero-order chi connectivity index (χ0) is 40.5. The Morgan fingerprint density at radius 3 is 1.45 bits per heavy atom. The van der Waals surface area contributed by atoms with Gasteiger partial charge < -0.3 is 24.6 Å².